The highest BCUT2D eigenvalue weighted by Crippen LogP contribution is 2.32. The lowest BCUT2D eigenvalue weighted by Gasteiger charge is -2.35. The number of nitrogens with one attached hydrogen (secondary N) is 1. The highest BCUT2D eigenvalue weighted by Gasteiger charge is 2.30. The van der Waals surface area contributed by atoms with Crippen LogP contribution in [0.1, 0.15) is 39.0 Å². The molecule has 1 saturated heterocycles. The lowest BCUT2D eigenvalue weighted by atomic mass is 9.78. The Hall–Kier alpha value is -0.120. The number of rotatable bonds is 6. The van der Waals surface area contributed by atoms with Crippen LogP contribution < -0.4 is 5.32 Å². The molecule has 3 heteroatoms. The second-order valence-corrected chi connectivity index (χ2v) is 4.66. The average Bonchev–Trinajstić information content (AvgIpc) is 2.64. The molecule has 2 fully saturated rings. The first-order chi connectivity index (χ1) is 7.40. The molecule has 1 atom stereocenters. The zero-order chi connectivity index (χ0) is 10.5. The summed E-state index contributed by atoms with van der Waals surface area (Å²) in [5.74, 6) is 0.865. The summed E-state index contributed by atoms with van der Waals surface area (Å²) in [4.78, 5) is 0. The lowest BCUT2D eigenvalue weighted by Crippen LogP contribution is -2.42. The van der Waals surface area contributed by atoms with Gasteiger partial charge in [-0.15, -0.1) is 0 Å². The van der Waals surface area contributed by atoms with Gasteiger partial charge in [-0.1, -0.05) is 13.3 Å². The van der Waals surface area contributed by atoms with E-state index in [1.54, 1.807) is 0 Å². The summed E-state index contributed by atoms with van der Waals surface area (Å²) in [5.41, 5.74) is 0. The molecule has 88 valence electrons. The standard InChI is InChI=1S/C12H23NO2/c1-2-6-13-11(10-4-3-5-10)9-12-14-7-8-15-12/h10-13H,2-9H2,1H3. The largest absolute Gasteiger partial charge is 0.350 e. The molecule has 2 rings (SSSR count). The van der Waals surface area contributed by atoms with E-state index in [0.717, 1.165) is 32.1 Å². The molecule has 0 aromatic carbocycles. The third-order valence-electron chi connectivity index (χ3n) is 3.51. The molecule has 3 nitrogen and oxygen atoms in total. The van der Waals surface area contributed by atoms with Crippen LogP contribution in [0, 0.1) is 5.92 Å². The van der Waals surface area contributed by atoms with Crippen LogP contribution in [0.4, 0.5) is 0 Å². The first kappa shape index (κ1) is 11.4. The van der Waals surface area contributed by atoms with E-state index in [9.17, 15) is 0 Å². The van der Waals surface area contributed by atoms with E-state index in [4.69, 9.17) is 9.47 Å². The van der Waals surface area contributed by atoms with Crippen LogP contribution in [-0.2, 0) is 9.47 Å². The van der Waals surface area contributed by atoms with Crippen molar-refractivity contribution in [2.75, 3.05) is 19.8 Å². The highest BCUT2D eigenvalue weighted by molar-refractivity contribution is 4.83. The molecular weight excluding hydrogens is 190 g/mol. The number of hydrogen-bond acceptors (Lipinski definition) is 3. The minimum Gasteiger partial charge on any atom is -0.350 e. The van der Waals surface area contributed by atoms with Gasteiger partial charge in [-0.05, 0) is 31.7 Å². The Labute approximate surface area is 92.5 Å². The molecule has 0 aromatic rings. The van der Waals surface area contributed by atoms with Gasteiger partial charge >= 0.3 is 0 Å². The van der Waals surface area contributed by atoms with Crippen LogP contribution in [0.3, 0.4) is 0 Å². The Kier molecular flexibility index (Phi) is 4.42. The molecule has 0 aromatic heterocycles. The first-order valence-electron chi connectivity index (χ1n) is 6.36. The van der Waals surface area contributed by atoms with Gasteiger partial charge in [0.05, 0.1) is 13.2 Å². The summed E-state index contributed by atoms with van der Waals surface area (Å²) in [6, 6.07) is 0.613. The lowest BCUT2D eigenvalue weighted by molar-refractivity contribution is -0.0592. The van der Waals surface area contributed by atoms with Gasteiger partial charge in [-0.2, -0.15) is 0 Å². The van der Waals surface area contributed by atoms with E-state index in [0.29, 0.717) is 6.04 Å². The Morgan fingerprint density at radius 3 is 2.53 bits per heavy atom. The monoisotopic (exact) mass is 213 g/mol. The van der Waals surface area contributed by atoms with Gasteiger partial charge in [-0.3, -0.25) is 0 Å². The third kappa shape index (κ3) is 3.16. The zero-order valence-corrected chi connectivity index (χ0v) is 9.71. The maximum atomic E-state index is 5.52. The molecule has 0 spiro atoms. The van der Waals surface area contributed by atoms with E-state index in [-0.39, 0.29) is 6.29 Å². The van der Waals surface area contributed by atoms with Crippen molar-refractivity contribution < 1.29 is 9.47 Å². The zero-order valence-electron chi connectivity index (χ0n) is 9.71. The van der Waals surface area contributed by atoms with Crippen molar-refractivity contribution >= 4 is 0 Å². The predicted octanol–water partition coefficient (Wildman–Crippen LogP) is 1.92. The number of hydrogen-bond donors (Lipinski definition) is 1. The Bertz CT molecular complexity index is 176. The highest BCUT2D eigenvalue weighted by atomic mass is 16.7. The smallest absolute Gasteiger partial charge is 0.159 e. The quantitative estimate of drug-likeness (QED) is 0.731. The van der Waals surface area contributed by atoms with Crippen molar-refractivity contribution in [2.45, 2.75) is 51.4 Å². The molecule has 1 unspecified atom stereocenters. The van der Waals surface area contributed by atoms with E-state index in [1.165, 1.54) is 25.7 Å². The minimum absolute atomic E-state index is 0.0555. The third-order valence-corrected chi connectivity index (χ3v) is 3.51. The summed E-state index contributed by atoms with van der Waals surface area (Å²) in [6.07, 6.45) is 6.46. The van der Waals surface area contributed by atoms with Gasteiger partial charge in [0.15, 0.2) is 6.29 Å². The molecular formula is C12H23NO2. The Morgan fingerprint density at radius 1 is 1.27 bits per heavy atom. The maximum absolute atomic E-state index is 5.52. The van der Waals surface area contributed by atoms with Crippen LogP contribution >= 0.6 is 0 Å². The molecule has 0 radical (unpaired) electrons. The normalized spacial score (nSPS) is 25.4. The van der Waals surface area contributed by atoms with Gasteiger partial charge in [-0.25, -0.2) is 0 Å². The SMILES string of the molecule is CCCNC(CC1OCCO1)C1CCC1. The van der Waals surface area contributed by atoms with Crippen LogP contribution in [0.5, 0.6) is 0 Å². The first-order valence-corrected chi connectivity index (χ1v) is 6.36. The summed E-state index contributed by atoms with van der Waals surface area (Å²) in [6.45, 7) is 4.88. The van der Waals surface area contributed by atoms with Crippen LogP contribution in [0.15, 0.2) is 0 Å². The molecule has 1 saturated carbocycles. The van der Waals surface area contributed by atoms with E-state index in [1.807, 2.05) is 0 Å². The molecule has 1 N–H and O–H groups in total. The Balaban J connectivity index is 1.75. The van der Waals surface area contributed by atoms with Crippen LogP contribution in [0.25, 0.3) is 0 Å². The predicted molar refractivity (Wildman–Crippen MR) is 59.7 cm³/mol. The van der Waals surface area contributed by atoms with Crippen molar-refractivity contribution in [1.82, 2.24) is 5.32 Å². The van der Waals surface area contributed by atoms with E-state index in [2.05, 4.69) is 12.2 Å². The van der Waals surface area contributed by atoms with Gasteiger partial charge in [0.2, 0.25) is 0 Å². The number of ether oxygens (including phenoxy) is 2. The molecule has 1 aliphatic carbocycles. The van der Waals surface area contributed by atoms with Crippen LogP contribution in [0.2, 0.25) is 0 Å². The summed E-state index contributed by atoms with van der Waals surface area (Å²) >= 11 is 0. The fourth-order valence-electron chi connectivity index (χ4n) is 2.37. The topological polar surface area (TPSA) is 30.5 Å². The molecule has 0 amide bonds. The van der Waals surface area contributed by atoms with E-state index >= 15 is 0 Å². The molecule has 0 bridgehead atoms. The molecule has 1 aliphatic heterocycles. The fraction of sp³-hybridized carbons (Fsp3) is 1.00. The molecule has 2 aliphatic rings. The van der Waals surface area contributed by atoms with Gasteiger partial charge in [0.1, 0.15) is 0 Å². The summed E-state index contributed by atoms with van der Waals surface area (Å²) in [7, 11) is 0. The Morgan fingerprint density at radius 2 is 2.00 bits per heavy atom. The maximum Gasteiger partial charge on any atom is 0.159 e. The summed E-state index contributed by atoms with van der Waals surface area (Å²) in [5, 5.41) is 3.64. The molecule has 15 heavy (non-hydrogen) atoms. The van der Waals surface area contributed by atoms with E-state index < -0.39 is 0 Å². The van der Waals surface area contributed by atoms with Crippen molar-refractivity contribution in [2.24, 2.45) is 5.92 Å². The fourth-order valence-corrected chi connectivity index (χ4v) is 2.37. The van der Waals surface area contributed by atoms with Crippen molar-refractivity contribution in [3.63, 3.8) is 0 Å². The average molecular weight is 213 g/mol. The molecule has 1 heterocycles. The van der Waals surface area contributed by atoms with Gasteiger partial charge in [0, 0.05) is 12.5 Å². The second-order valence-electron chi connectivity index (χ2n) is 4.66. The summed E-state index contributed by atoms with van der Waals surface area (Å²) < 4.78 is 11.0. The van der Waals surface area contributed by atoms with Gasteiger partial charge < -0.3 is 14.8 Å². The van der Waals surface area contributed by atoms with Crippen molar-refractivity contribution in [3.05, 3.63) is 0 Å². The van der Waals surface area contributed by atoms with Crippen molar-refractivity contribution in [1.29, 1.82) is 0 Å². The van der Waals surface area contributed by atoms with Crippen molar-refractivity contribution in [3.8, 4) is 0 Å². The van der Waals surface area contributed by atoms with Crippen LogP contribution in [-0.4, -0.2) is 32.1 Å². The van der Waals surface area contributed by atoms with Gasteiger partial charge in [0.25, 0.3) is 0 Å². The second kappa shape index (κ2) is 5.83. The minimum atomic E-state index is 0.0555.